The molecule has 112 valence electrons. The highest BCUT2D eigenvalue weighted by Gasteiger charge is 2.24. The van der Waals surface area contributed by atoms with Gasteiger partial charge in [-0.1, -0.05) is 5.92 Å². The second-order valence-corrected chi connectivity index (χ2v) is 5.10. The van der Waals surface area contributed by atoms with Crippen molar-refractivity contribution < 1.29 is 9.59 Å². The first-order valence-corrected chi connectivity index (χ1v) is 6.97. The summed E-state index contributed by atoms with van der Waals surface area (Å²) in [5.74, 6) is 2.34. The van der Waals surface area contributed by atoms with Crippen molar-refractivity contribution in [1.29, 1.82) is 0 Å². The quantitative estimate of drug-likeness (QED) is 0.756. The van der Waals surface area contributed by atoms with Crippen LogP contribution in [0.4, 0.5) is 0 Å². The summed E-state index contributed by atoms with van der Waals surface area (Å²) in [5, 5.41) is 2.64. The molecule has 0 atom stereocenters. The highest BCUT2D eigenvalue weighted by atomic mass is 16.2. The number of piperazine rings is 1. The molecule has 0 bridgehead atoms. The zero-order chi connectivity index (χ0) is 15.2. The Hall–Kier alpha value is -2.26. The lowest BCUT2D eigenvalue weighted by atomic mass is 10.2. The van der Waals surface area contributed by atoms with E-state index in [1.807, 2.05) is 22.9 Å². The molecule has 0 unspecified atom stereocenters. The molecule has 6 nitrogen and oxygen atoms in total. The van der Waals surface area contributed by atoms with E-state index in [9.17, 15) is 9.59 Å². The number of nitrogens with zero attached hydrogens (tertiary/aromatic N) is 2. The van der Waals surface area contributed by atoms with Gasteiger partial charge in [0.1, 0.15) is 0 Å². The van der Waals surface area contributed by atoms with Gasteiger partial charge in [0.2, 0.25) is 5.91 Å². The summed E-state index contributed by atoms with van der Waals surface area (Å²) in [6.07, 6.45) is 8.65. The van der Waals surface area contributed by atoms with Crippen molar-refractivity contribution in [3.05, 3.63) is 23.5 Å². The second kappa shape index (κ2) is 6.95. The van der Waals surface area contributed by atoms with Crippen LogP contribution >= 0.6 is 0 Å². The van der Waals surface area contributed by atoms with E-state index in [1.165, 1.54) is 0 Å². The standard InChI is InChI=1S/C15H20N4O2/c1-3-4-17-14(20)11-18-5-7-19(8-6-18)15(21)13-10-16-9-12(13)2/h1,9-10,16H,4-8,11H2,2H3,(H,17,20). The maximum Gasteiger partial charge on any atom is 0.255 e. The Bertz CT molecular complexity index is 550. The Morgan fingerprint density at radius 3 is 2.62 bits per heavy atom. The number of aromatic nitrogens is 1. The van der Waals surface area contributed by atoms with Gasteiger partial charge in [-0.25, -0.2) is 0 Å². The molecule has 1 aliphatic rings. The van der Waals surface area contributed by atoms with Crippen LogP contribution in [0.25, 0.3) is 0 Å². The zero-order valence-electron chi connectivity index (χ0n) is 12.2. The van der Waals surface area contributed by atoms with Gasteiger partial charge in [0.15, 0.2) is 0 Å². The van der Waals surface area contributed by atoms with Crippen molar-refractivity contribution in [2.24, 2.45) is 0 Å². The molecule has 2 rings (SSSR count). The van der Waals surface area contributed by atoms with Gasteiger partial charge < -0.3 is 15.2 Å². The molecule has 2 heterocycles. The van der Waals surface area contributed by atoms with Crippen molar-refractivity contribution >= 4 is 11.8 Å². The minimum absolute atomic E-state index is 0.0465. The van der Waals surface area contributed by atoms with Crippen LogP contribution in [-0.2, 0) is 4.79 Å². The summed E-state index contributed by atoms with van der Waals surface area (Å²) in [6.45, 7) is 5.14. The molecule has 0 saturated carbocycles. The number of carbonyl (C=O) groups is 2. The Morgan fingerprint density at radius 1 is 1.33 bits per heavy atom. The molecule has 0 aromatic carbocycles. The Kier molecular flexibility index (Phi) is 5.01. The van der Waals surface area contributed by atoms with Gasteiger partial charge in [-0.2, -0.15) is 0 Å². The van der Waals surface area contributed by atoms with Gasteiger partial charge in [-0.05, 0) is 12.5 Å². The molecule has 1 saturated heterocycles. The van der Waals surface area contributed by atoms with Crippen LogP contribution in [0.3, 0.4) is 0 Å². The lowest BCUT2D eigenvalue weighted by Gasteiger charge is -2.34. The highest BCUT2D eigenvalue weighted by molar-refractivity contribution is 5.95. The van der Waals surface area contributed by atoms with Crippen molar-refractivity contribution in [2.45, 2.75) is 6.92 Å². The van der Waals surface area contributed by atoms with Crippen LogP contribution in [-0.4, -0.2) is 65.9 Å². The Morgan fingerprint density at radius 2 is 2.05 bits per heavy atom. The molecule has 2 amide bonds. The monoisotopic (exact) mass is 288 g/mol. The average Bonchev–Trinajstić information content (AvgIpc) is 2.91. The maximum absolute atomic E-state index is 12.3. The number of hydrogen-bond acceptors (Lipinski definition) is 3. The van der Waals surface area contributed by atoms with E-state index in [2.05, 4.69) is 16.2 Å². The molecule has 1 fully saturated rings. The number of nitrogens with one attached hydrogen (secondary N) is 2. The SMILES string of the molecule is C#CCNC(=O)CN1CCN(C(=O)c2c[nH]cc2C)CC1. The number of terminal acetylenes is 1. The van der Waals surface area contributed by atoms with Crippen LogP contribution < -0.4 is 5.32 Å². The summed E-state index contributed by atoms with van der Waals surface area (Å²) in [5.41, 5.74) is 1.67. The third-order valence-electron chi connectivity index (χ3n) is 3.60. The predicted octanol–water partition coefficient (Wildman–Crippen LogP) is -0.170. The summed E-state index contributed by atoms with van der Waals surface area (Å²) in [4.78, 5) is 30.7. The van der Waals surface area contributed by atoms with E-state index < -0.39 is 0 Å². The molecular weight excluding hydrogens is 268 g/mol. The van der Waals surface area contributed by atoms with Gasteiger partial charge >= 0.3 is 0 Å². The van der Waals surface area contributed by atoms with Crippen molar-refractivity contribution in [2.75, 3.05) is 39.3 Å². The van der Waals surface area contributed by atoms with Gasteiger partial charge in [0.05, 0.1) is 18.7 Å². The molecular formula is C15H20N4O2. The largest absolute Gasteiger partial charge is 0.367 e. The fourth-order valence-corrected chi connectivity index (χ4v) is 2.36. The summed E-state index contributed by atoms with van der Waals surface area (Å²) < 4.78 is 0. The van der Waals surface area contributed by atoms with Crippen LogP contribution in [0, 0.1) is 19.3 Å². The number of H-pyrrole nitrogens is 1. The fraction of sp³-hybridized carbons (Fsp3) is 0.467. The average molecular weight is 288 g/mol. The first kappa shape index (κ1) is 15.1. The van der Waals surface area contributed by atoms with Gasteiger partial charge in [0.25, 0.3) is 5.91 Å². The second-order valence-electron chi connectivity index (χ2n) is 5.10. The van der Waals surface area contributed by atoms with Gasteiger partial charge in [0, 0.05) is 38.6 Å². The first-order valence-electron chi connectivity index (χ1n) is 6.97. The number of hydrogen-bond donors (Lipinski definition) is 2. The molecule has 1 aromatic rings. The van der Waals surface area contributed by atoms with Crippen molar-refractivity contribution in [3.8, 4) is 12.3 Å². The third kappa shape index (κ3) is 3.86. The van der Waals surface area contributed by atoms with Crippen LogP contribution in [0.5, 0.6) is 0 Å². The van der Waals surface area contributed by atoms with E-state index >= 15 is 0 Å². The molecule has 21 heavy (non-hydrogen) atoms. The number of rotatable bonds is 4. The molecule has 0 radical (unpaired) electrons. The lowest BCUT2D eigenvalue weighted by molar-refractivity contribution is -0.122. The topological polar surface area (TPSA) is 68.4 Å². The van der Waals surface area contributed by atoms with Crippen molar-refractivity contribution in [3.63, 3.8) is 0 Å². The minimum Gasteiger partial charge on any atom is -0.367 e. The van der Waals surface area contributed by atoms with Crippen LogP contribution in [0.2, 0.25) is 0 Å². The minimum atomic E-state index is -0.0748. The smallest absolute Gasteiger partial charge is 0.255 e. The molecule has 2 N–H and O–H groups in total. The van der Waals surface area contributed by atoms with E-state index in [0.717, 1.165) is 11.1 Å². The van der Waals surface area contributed by atoms with E-state index in [4.69, 9.17) is 6.42 Å². The molecule has 6 heteroatoms. The number of aryl methyl sites for hydroxylation is 1. The zero-order valence-corrected chi connectivity index (χ0v) is 12.2. The van der Waals surface area contributed by atoms with E-state index in [1.54, 1.807) is 6.20 Å². The lowest BCUT2D eigenvalue weighted by Crippen LogP contribution is -2.51. The molecule has 1 aromatic heterocycles. The maximum atomic E-state index is 12.3. The Balaban J connectivity index is 1.81. The number of carbonyl (C=O) groups excluding carboxylic acids is 2. The first-order chi connectivity index (χ1) is 10.1. The van der Waals surface area contributed by atoms with Gasteiger partial charge in [-0.15, -0.1) is 6.42 Å². The summed E-state index contributed by atoms with van der Waals surface area (Å²) >= 11 is 0. The number of amides is 2. The number of aromatic amines is 1. The van der Waals surface area contributed by atoms with Crippen molar-refractivity contribution in [1.82, 2.24) is 20.1 Å². The predicted molar refractivity (Wildman–Crippen MR) is 79.7 cm³/mol. The fourth-order valence-electron chi connectivity index (χ4n) is 2.36. The molecule has 0 spiro atoms. The van der Waals surface area contributed by atoms with Gasteiger partial charge in [-0.3, -0.25) is 14.5 Å². The Labute approximate surface area is 124 Å². The molecule has 0 aliphatic carbocycles. The normalized spacial score (nSPS) is 15.5. The highest BCUT2D eigenvalue weighted by Crippen LogP contribution is 2.12. The summed E-state index contributed by atoms with van der Waals surface area (Å²) in [6, 6.07) is 0. The third-order valence-corrected chi connectivity index (χ3v) is 3.60. The van der Waals surface area contributed by atoms with Crippen LogP contribution in [0.15, 0.2) is 12.4 Å². The summed E-state index contributed by atoms with van der Waals surface area (Å²) in [7, 11) is 0. The van der Waals surface area contributed by atoms with E-state index in [-0.39, 0.29) is 18.4 Å². The van der Waals surface area contributed by atoms with E-state index in [0.29, 0.717) is 32.7 Å². The molecule has 1 aliphatic heterocycles. The van der Waals surface area contributed by atoms with Crippen LogP contribution in [0.1, 0.15) is 15.9 Å².